The second-order valence-corrected chi connectivity index (χ2v) is 8.82. The summed E-state index contributed by atoms with van der Waals surface area (Å²) in [5.74, 6) is -1.58. The number of carboxylic acids is 1. The van der Waals surface area contributed by atoms with Crippen molar-refractivity contribution >= 4 is 27.4 Å². The second-order valence-electron chi connectivity index (χ2n) is 7.17. The van der Waals surface area contributed by atoms with Gasteiger partial charge in [-0.15, -0.1) is 0 Å². The molecule has 174 valence electrons. The van der Waals surface area contributed by atoms with Gasteiger partial charge in [0.1, 0.15) is 16.8 Å². The average Bonchev–Trinajstić information content (AvgIpc) is 2.73. The van der Waals surface area contributed by atoms with Crippen LogP contribution in [0.1, 0.15) is 28.8 Å². The highest BCUT2D eigenvalue weighted by Crippen LogP contribution is 2.38. The van der Waals surface area contributed by atoms with E-state index in [0.717, 1.165) is 30.3 Å². The van der Waals surface area contributed by atoms with Gasteiger partial charge in [0.15, 0.2) is 0 Å². The standard InChI is InChI=1S/C20H20F4N2O5S/c1-31-17-5-2-12(19(27)28)10-18(17)32(29,30)25-15-11-13(20(22,23)24)3-4-16(15)26-8-6-14(21)7-9-26/h2-5,10-11,14,25H,6-9H2,1H3,(H,27,28). The summed E-state index contributed by atoms with van der Waals surface area (Å²) in [6.07, 6.45) is -5.46. The molecule has 0 bridgehead atoms. The van der Waals surface area contributed by atoms with Gasteiger partial charge >= 0.3 is 12.1 Å². The highest BCUT2D eigenvalue weighted by molar-refractivity contribution is 7.92. The van der Waals surface area contributed by atoms with Gasteiger partial charge in [0.25, 0.3) is 10.0 Å². The fraction of sp³-hybridized carbons (Fsp3) is 0.350. The van der Waals surface area contributed by atoms with Crippen LogP contribution in [0, 0.1) is 0 Å². The first kappa shape index (κ1) is 23.6. The van der Waals surface area contributed by atoms with Gasteiger partial charge in [0.2, 0.25) is 0 Å². The van der Waals surface area contributed by atoms with Crippen molar-refractivity contribution in [2.24, 2.45) is 0 Å². The van der Waals surface area contributed by atoms with Gasteiger partial charge < -0.3 is 14.7 Å². The van der Waals surface area contributed by atoms with Crippen LogP contribution in [-0.4, -0.2) is 45.9 Å². The van der Waals surface area contributed by atoms with Crippen molar-refractivity contribution in [2.75, 3.05) is 29.8 Å². The van der Waals surface area contributed by atoms with E-state index in [1.165, 1.54) is 7.11 Å². The Morgan fingerprint density at radius 3 is 2.38 bits per heavy atom. The predicted molar refractivity (Wildman–Crippen MR) is 109 cm³/mol. The summed E-state index contributed by atoms with van der Waals surface area (Å²) in [6, 6.07) is 5.73. The van der Waals surface area contributed by atoms with Gasteiger partial charge in [-0.25, -0.2) is 17.6 Å². The molecule has 1 aliphatic heterocycles. The fourth-order valence-corrected chi connectivity index (χ4v) is 4.64. The van der Waals surface area contributed by atoms with Crippen LogP contribution in [0.2, 0.25) is 0 Å². The average molecular weight is 476 g/mol. The molecule has 0 atom stereocenters. The molecule has 0 saturated carbocycles. The van der Waals surface area contributed by atoms with Crippen molar-refractivity contribution < 1.29 is 40.6 Å². The van der Waals surface area contributed by atoms with Crippen molar-refractivity contribution in [3.63, 3.8) is 0 Å². The number of methoxy groups -OCH3 is 1. The highest BCUT2D eigenvalue weighted by atomic mass is 32.2. The van der Waals surface area contributed by atoms with Gasteiger partial charge in [-0.1, -0.05) is 0 Å². The molecule has 2 aromatic rings. The minimum atomic E-state index is -4.73. The smallest absolute Gasteiger partial charge is 0.416 e. The minimum absolute atomic E-state index is 0.154. The maximum Gasteiger partial charge on any atom is 0.416 e. The normalized spacial score (nSPS) is 15.5. The molecular formula is C20H20F4N2O5S. The molecule has 32 heavy (non-hydrogen) atoms. The third-order valence-electron chi connectivity index (χ3n) is 5.03. The number of carbonyl (C=O) groups is 1. The zero-order valence-electron chi connectivity index (χ0n) is 16.8. The Bertz CT molecular complexity index is 1110. The first-order valence-corrected chi connectivity index (χ1v) is 10.9. The maximum absolute atomic E-state index is 13.5. The molecule has 0 aromatic heterocycles. The van der Waals surface area contributed by atoms with E-state index >= 15 is 0 Å². The van der Waals surface area contributed by atoms with E-state index in [1.807, 2.05) is 0 Å². The van der Waals surface area contributed by atoms with Crippen molar-refractivity contribution in [3.05, 3.63) is 47.5 Å². The molecule has 0 aliphatic carbocycles. The van der Waals surface area contributed by atoms with Crippen molar-refractivity contribution in [1.29, 1.82) is 0 Å². The fourth-order valence-electron chi connectivity index (χ4n) is 3.38. The summed E-state index contributed by atoms with van der Waals surface area (Å²) in [7, 11) is -3.38. The van der Waals surface area contributed by atoms with Crippen molar-refractivity contribution in [1.82, 2.24) is 0 Å². The summed E-state index contributed by atoms with van der Waals surface area (Å²) in [5, 5.41) is 9.17. The lowest BCUT2D eigenvalue weighted by Crippen LogP contribution is -2.35. The Balaban J connectivity index is 2.08. The number of hydrogen-bond donors (Lipinski definition) is 2. The van der Waals surface area contributed by atoms with Crippen molar-refractivity contribution in [2.45, 2.75) is 30.1 Å². The van der Waals surface area contributed by atoms with Gasteiger partial charge in [0.05, 0.1) is 29.6 Å². The number of hydrogen-bond acceptors (Lipinski definition) is 5. The second kappa shape index (κ2) is 8.85. The third-order valence-corrected chi connectivity index (χ3v) is 6.42. The van der Waals surface area contributed by atoms with E-state index in [4.69, 9.17) is 4.74 Å². The van der Waals surface area contributed by atoms with Gasteiger partial charge in [-0.3, -0.25) is 4.72 Å². The van der Waals surface area contributed by atoms with Crippen LogP contribution < -0.4 is 14.4 Å². The predicted octanol–water partition coefficient (Wildman–Crippen LogP) is 4.15. The van der Waals surface area contributed by atoms with E-state index < -0.39 is 38.8 Å². The van der Waals surface area contributed by atoms with Crippen LogP contribution in [0.4, 0.5) is 28.9 Å². The Morgan fingerprint density at radius 1 is 1.16 bits per heavy atom. The number of carboxylic acid groups (broad SMARTS) is 1. The number of benzene rings is 2. The van der Waals surface area contributed by atoms with Crippen LogP contribution in [-0.2, 0) is 16.2 Å². The molecule has 0 spiro atoms. The Morgan fingerprint density at radius 2 is 1.81 bits per heavy atom. The number of sulfonamides is 1. The van der Waals surface area contributed by atoms with Gasteiger partial charge in [-0.05, 0) is 49.2 Å². The van der Waals surface area contributed by atoms with E-state index in [-0.39, 0.29) is 48.6 Å². The van der Waals surface area contributed by atoms with Crippen LogP contribution in [0.25, 0.3) is 0 Å². The molecular weight excluding hydrogens is 456 g/mol. The molecule has 0 amide bonds. The highest BCUT2D eigenvalue weighted by Gasteiger charge is 2.33. The van der Waals surface area contributed by atoms with Crippen LogP contribution in [0.5, 0.6) is 5.75 Å². The molecule has 7 nitrogen and oxygen atoms in total. The topological polar surface area (TPSA) is 95.9 Å². The minimum Gasteiger partial charge on any atom is -0.495 e. The molecule has 1 fully saturated rings. The lowest BCUT2D eigenvalue weighted by atomic mass is 10.1. The van der Waals surface area contributed by atoms with E-state index in [1.54, 1.807) is 4.90 Å². The lowest BCUT2D eigenvalue weighted by Gasteiger charge is -2.32. The quantitative estimate of drug-likeness (QED) is 0.609. The Hall–Kier alpha value is -3.02. The SMILES string of the molecule is COc1ccc(C(=O)O)cc1S(=O)(=O)Nc1cc(C(F)(F)F)ccc1N1CCC(F)CC1. The number of nitrogens with one attached hydrogen (secondary N) is 1. The number of halogens is 4. The number of anilines is 2. The Kier molecular flexibility index (Phi) is 6.54. The summed E-state index contributed by atoms with van der Waals surface area (Å²) in [5.41, 5.74) is -1.63. The van der Waals surface area contributed by atoms with Crippen LogP contribution >= 0.6 is 0 Å². The first-order chi connectivity index (χ1) is 14.9. The lowest BCUT2D eigenvalue weighted by molar-refractivity contribution is -0.137. The summed E-state index contributed by atoms with van der Waals surface area (Å²) < 4.78 is 86.6. The molecule has 0 radical (unpaired) electrons. The third kappa shape index (κ3) is 5.06. The first-order valence-electron chi connectivity index (χ1n) is 9.47. The number of aromatic carboxylic acids is 1. The van der Waals surface area contributed by atoms with Crippen molar-refractivity contribution in [3.8, 4) is 5.75 Å². The van der Waals surface area contributed by atoms with E-state index in [2.05, 4.69) is 4.72 Å². The number of nitrogens with zero attached hydrogens (tertiary/aromatic N) is 1. The molecule has 2 N–H and O–H groups in total. The zero-order valence-corrected chi connectivity index (χ0v) is 17.6. The van der Waals surface area contributed by atoms with E-state index in [9.17, 15) is 35.9 Å². The van der Waals surface area contributed by atoms with Crippen LogP contribution in [0.15, 0.2) is 41.3 Å². The van der Waals surface area contributed by atoms with E-state index in [0.29, 0.717) is 6.07 Å². The number of alkyl halides is 4. The zero-order chi connectivity index (χ0) is 23.7. The van der Waals surface area contributed by atoms with Crippen LogP contribution in [0.3, 0.4) is 0 Å². The largest absolute Gasteiger partial charge is 0.495 e. The molecule has 12 heteroatoms. The summed E-state index contributed by atoms with van der Waals surface area (Å²) >= 11 is 0. The molecule has 3 rings (SSSR count). The van der Waals surface area contributed by atoms with Gasteiger partial charge in [-0.2, -0.15) is 13.2 Å². The number of piperidine rings is 1. The molecule has 1 aliphatic rings. The molecule has 2 aromatic carbocycles. The summed E-state index contributed by atoms with van der Waals surface area (Å²) in [4.78, 5) is 12.3. The maximum atomic E-state index is 13.5. The monoisotopic (exact) mass is 476 g/mol. The number of ether oxygens (including phenoxy) is 1. The summed E-state index contributed by atoms with van der Waals surface area (Å²) in [6.45, 7) is 0.387. The Labute approximate surface area is 181 Å². The molecule has 1 saturated heterocycles. The molecule has 0 unspecified atom stereocenters. The molecule has 1 heterocycles. The number of rotatable bonds is 6. The van der Waals surface area contributed by atoms with Gasteiger partial charge in [0, 0.05) is 13.1 Å².